The highest BCUT2D eigenvalue weighted by molar-refractivity contribution is 5.26. The molecule has 1 aromatic rings. The molecule has 0 amide bonds. The van der Waals surface area contributed by atoms with Crippen LogP contribution in [-0.4, -0.2) is 19.8 Å². The Hall–Kier alpha value is -0.860. The summed E-state index contributed by atoms with van der Waals surface area (Å²) in [5, 5.41) is 0. The first-order chi connectivity index (χ1) is 6.90. The van der Waals surface area contributed by atoms with Gasteiger partial charge in [0.15, 0.2) is 0 Å². The fourth-order valence-corrected chi connectivity index (χ4v) is 1.69. The summed E-state index contributed by atoms with van der Waals surface area (Å²) in [6, 6.07) is 8.87. The topological polar surface area (TPSA) is 35.2 Å². The Bertz CT molecular complexity index is 277. The van der Waals surface area contributed by atoms with Crippen molar-refractivity contribution in [3.63, 3.8) is 0 Å². The molecule has 1 aromatic carbocycles. The van der Waals surface area contributed by atoms with Gasteiger partial charge in [0.2, 0.25) is 0 Å². The van der Waals surface area contributed by atoms with Crippen LogP contribution in [0.1, 0.15) is 23.5 Å². The zero-order chi connectivity index (χ0) is 9.80. The van der Waals surface area contributed by atoms with Crippen molar-refractivity contribution in [2.75, 3.05) is 19.8 Å². The number of hydrogen-bond acceptors (Lipinski definition) is 2. The van der Waals surface area contributed by atoms with Crippen molar-refractivity contribution < 1.29 is 4.74 Å². The van der Waals surface area contributed by atoms with E-state index in [1.165, 1.54) is 11.1 Å². The van der Waals surface area contributed by atoms with E-state index < -0.39 is 0 Å². The van der Waals surface area contributed by atoms with Crippen LogP contribution in [0.4, 0.5) is 0 Å². The largest absolute Gasteiger partial charge is 0.380 e. The molecule has 2 nitrogen and oxygen atoms in total. The first-order valence-electron chi connectivity index (χ1n) is 5.27. The monoisotopic (exact) mass is 191 g/mol. The van der Waals surface area contributed by atoms with Gasteiger partial charge in [-0.1, -0.05) is 24.3 Å². The van der Waals surface area contributed by atoms with Crippen molar-refractivity contribution in [2.24, 2.45) is 5.73 Å². The molecular formula is C12H17NO. The minimum absolute atomic E-state index is 0.638. The Morgan fingerprint density at radius 1 is 1.21 bits per heavy atom. The second-order valence-corrected chi connectivity index (χ2v) is 3.87. The van der Waals surface area contributed by atoms with Crippen molar-refractivity contribution in [3.05, 3.63) is 35.4 Å². The van der Waals surface area contributed by atoms with E-state index in [9.17, 15) is 0 Å². The van der Waals surface area contributed by atoms with Gasteiger partial charge in [-0.3, -0.25) is 0 Å². The number of nitrogens with two attached hydrogens (primary N) is 1. The summed E-state index contributed by atoms with van der Waals surface area (Å²) >= 11 is 0. The Labute approximate surface area is 85.1 Å². The molecule has 1 aliphatic rings. The molecule has 2 N–H and O–H groups in total. The molecule has 76 valence electrons. The van der Waals surface area contributed by atoms with Crippen molar-refractivity contribution in [2.45, 2.75) is 18.8 Å². The lowest BCUT2D eigenvalue weighted by Gasteiger charge is -2.26. The predicted molar refractivity (Wildman–Crippen MR) is 57.4 cm³/mol. The summed E-state index contributed by atoms with van der Waals surface area (Å²) in [5.41, 5.74) is 8.27. The molecule has 2 heteroatoms. The number of hydrogen-bond donors (Lipinski definition) is 1. The maximum absolute atomic E-state index is 5.47. The van der Waals surface area contributed by atoms with Gasteiger partial charge < -0.3 is 10.5 Å². The first kappa shape index (κ1) is 9.69. The van der Waals surface area contributed by atoms with Gasteiger partial charge in [-0.05, 0) is 30.5 Å². The quantitative estimate of drug-likeness (QED) is 0.786. The summed E-state index contributed by atoms with van der Waals surface area (Å²) in [6.45, 7) is 2.56. The Morgan fingerprint density at radius 3 is 2.43 bits per heavy atom. The fourth-order valence-electron chi connectivity index (χ4n) is 1.69. The highest BCUT2D eigenvalue weighted by Crippen LogP contribution is 2.24. The van der Waals surface area contributed by atoms with E-state index in [1.54, 1.807) is 0 Å². The van der Waals surface area contributed by atoms with E-state index in [1.807, 2.05) is 0 Å². The van der Waals surface area contributed by atoms with Crippen LogP contribution in [0.2, 0.25) is 0 Å². The van der Waals surface area contributed by atoms with Gasteiger partial charge >= 0.3 is 0 Å². The molecule has 0 atom stereocenters. The molecular weight excluding hydrogens is 174 g/mol. The number of benzene rings is 1. The predicted octanol–water partition coefficient (Wildman–Crippen LogP) is 1.69. The van der Waals surface area contributed by atoms with Crippen LogP contribution in [0, 0.1) is 0 Å². The van der Waals surface area contributed by atoms with Crippen molar-refractivity contribution in [1.82, 2.24) is 0 Å². The molecule has 0 spiro atoms. The Balaban J connectivity index is 1.95. The third-order valence-electron chi connectivity index (χ3n) is 2.76. The molecule has 0 aromatic heterocycles. The molecule has 0 radical (unpaired) electrons. The molecule has 1 saturated heterocycles. The minimum atomic E-state index is 0.638. The summed E-state index contributed by atoms with van der Waals surface area (Å²) in [7, 11) is 0. The molecule has 0 unspecified atom stereocenters. The molecule has 0 bridgehead atoms. The third kappa shape index (κ3) is 2.14. The maximum Gasteiger partial charge on any atom is 0.0557 e. The van der Waals surface area contributed by atoms with Crippen LogP contribution in [-0.2, 0) is 11.2 Å². The average molecular weight is 191 g/mol. The van der Waals surface area contributed by atoms with Gasteiger partial charge in [0.1, 0.15) is 0 Å². The normalized spacial score (nSPS) is 16.6. The van der Waals surface area contributed by atoms with Gasteiger partial charge in [0.25, 0.3) is 0 Å². The van der Waals surface area contributed by atoms with E-state index >= 15 is 0 Å². The van der Waals surface area contributed by atoms with Gasteiger partial charge in [-0.2, -0.15) is 0 Å². The number of aryl methyl sites for hydroxylation is 1. The average Bonchev–Trinajstić information content (AvgIpc) is 2.14. The molecule has 2 rings (SSSR count). The van der Waals surface area contributed by atoms with Crippen molar-refractivity contribution in [3.8, 4) is 0 Å². The smallest absolute Gasteiger partial charge is 0.0557 e. The molecule has 0 aliphatic carbocycles. The lowest BCUT2D eigenvalue weighted by molar-refractivity contribution is 0.00842. The van der Waals surface area contributed by atoms with E-state index in [-0.39, 0.29) is 0 Å². The first-order valence-corrected chi connectivity index (χ1v) is 5.27. The van der Waals surface area contributed by atoms with Crippen molar-refractivity contribution >= 4 is 0 Å². The van der Waals surface area contributed by atoms with Crippen molar-refractivity contribution in [1.29, 1.82) is 0 Å². The highest BCUT2D eigenvalue weighted by Gasteiger charge is 2.19. The van der Waals surface area contributed by atoms with Crippen LogP contribution in [0.5, 0.6) is 0 Å². The lowest BCUT2D eigenvalue weighted by Crippen LogP contribution is -2.24. The number of ether oxygens (including phenoxy) is 1. The van der Waals surface area contributed by atoms with Crippen LogP contribution in [0.15, 0.2) is 24.3 Å². The van der Waals surface area contributed by atoms with E-state index in [2.05, 4.69) is 24.3 Å². The van der Waals surface area contributed by atoms with Gasteiger partial charge in [0.05, 0.1) is 13.2 Å². The zero-order valence-corrected chi connectivity index (χ0v) is 8.41. The van der Waals surface area contributed by atoms with Crippen LogP contribution >= 0.6 is 0 Å². The summed E-state index contributed by atoms with van der Waals surface area (Å²) in [4.78, 5) is 0. The van der Waals surface area contributed by atoms with Crippen LogP contribution in [0.3, 0.4) is 0 Å². The summed E-state index contributed by atoms with van der Waals surface area (Å²) in [6.07, 6.45) is 2.17. The van der Waals surface area contributed by atoms with E-state index in [0.717, 1.165) is 32.6 Å². The molecule has 0 saturated carbocycles. The second kappa shape index (κ2) is 4.58. The van der Waals surface area contributed by atoms with Gasteiger partial charge in [-0.15, -0.1) is 0 Å². The molecule has 14 heavy (non-hydrogen) atoms. The van der Waals surface area contributed by atoms with Gasteiger partial charge in [0, 0.05) is 5.92 Å². The summed E-state index contributed by atoms with van der Waals surface area (Å²) < 4.78 is 5.17. The standard InChI is InChI=1S/C12H17NO/c13-7-1-2-10-3-5-11(6-4-10)12-8-14-9-12/h3-6,12H,1-2,7-9,13H2. The Kier molecular flexibility index (Phi) is 3.17. The van der Waals surface area contributed by atoms with Crippen LogP contribution in [0.25, 0.3) is 0 Å². The maximum atomic E-state index is 5.47. The zero-order valence-electron chi connectivity index (χ0n) is 8.41. The number of rotatable bonds is 4. The molecule has 1 aliphatic heterocycles. The molecule has 1 fully saturated rings. The summed E-state index contributed by atoms with van der Waals surface area (Å²) in [5.74, 6) is 0.638. The van der Waals surface area contributed by atoms with Crippen LogP contribution < -0.4 is 5.73 Å². The lowest BCUT2D eigenvalue weighted by atomic mass is 9.96. The second-order valence-electron chi connectivity index (χ2n) is 3.87. The van der Waals surface area contributed by atoms with E-state index in [0.29, 0.717) is 5.92 Å². The highest BCUT2D eigenvalue weighted by atomic mass is 16.5. The Morgan fingerprint density at radius 2 is 1.93 bits per heavy atom. The SMILES string of the molecule is NCCCc1ccc(C2COC2)cc1. The fraction of sp³-hybridized carbons (Fsp3) is 0.500. The van der Waals surface area contributed by atoms with Gasteiger partial charge in [-0.25, -0.2) is 0 Å². The third-order valence-corrected chi connectivity index (χ3v) is 2.76. The van der Waals surface area contributed by atoms with E-state index in [4.69, 9.17) is 10.5 Å². The molecule has 1 heterocycles. The minimum Gasteiger partial charge on any atom is -0.380 e.